The van der Waals surface area contributed by atoms with Gasteiger partial charge in [-0.2, -0.15) is 9.36 Å². The zero-order valence-corrected chi connectivity index (χ0v) is 17.0. The summed E-state index contributed by atoms with van der Waals surface area (Å²) in [6.07, 6.45) is -0.316. The van der Waals surface area contributed by atoms with E-state index in [1.54, 1.807) is 13.8 Å². The van der Waals surface area contributed by atoms with Crippen LogP contribution in [0.5, 0.6) is 0 Å². The summed E-state index contributed by atoms with van der Waals surface area (Å²) in [6.45, 7) is 2.96. The van der Waals surface area contributed by atoms with E-state index in [0.717, 1.165) is 16.4 Å². The van der Waals surface area contributed by atoms with E-state index in [9.17, 15) is 24.6 Å². The molecule has 3 heterocycles. The fourth-order valence-electron chi connectivity index (χ4n) is 2.69. The van der Waals surface area contributed by atoms with Gasteiger partial charge in [-0.15, -0.1) is 11.8 Å². The van der Waals surface area contributed by atoms with Crippen molar-refractivity contribution >= 4 is 51.9 Å². The highest BCUT2D eigenvalue weighted by Crippen LogP contribution is 2.40. The van der Waals surface area contributed by atoms with Crippen LogP contribution in [0.2, 0.25) is 0 Å². The van der Waals surface area contributed by atoms with Gasteiger partial charge in [0.15, 0.2) is 5.13 Å². The van der Waals surface area contributed by atoms with Gasteiger partial charge in [0.2, 0.25) is 11.5 Å². The summed E-state index contributed by atoms with van der Waals surface area (Å²) in [6, 6.07) is -0.970. The van der Waals surface area contributed by atoms with E-state index in [4.69, 9.17) is 10.6 Å². The molecule has 0 spiro atoms. The summed E-state index contributed by atoms with van der Waals surface area (Å²) < 4.78 is 3.94. The van der Waals surface area contributed by atoms with Gasteiger partial charge in [-0.1, -0.05) is 5.16 Å². The van der Waals surface area contributed by atoms with E-state index in [2.05, 4.69) is 19.8 Å². The summed E-state index contributed by atoms with van der Waals surface area (Å²) in [7, 11) is 0. The van der Waals surface area contributed by atoms with Crippen molar-refractivity contribution in [2.24, 2.45) is 5.16 Å². The van der Waals surface area contributed by atoms with E-state index in [-0.39, 0.29) is 39.8 Å². The number of nitrogens with one attached hydrogen (secondary N) is 1. The molecule has 1 saturated heterocycles. The zero-order chi connectivity index (χ0) is 21.3. The Morgan fingerprint density at radius 3 is 2.76 bits per heavy atom. The number of aliphatic hydroxyl groups excluding tert-OH is 1. The highest BCUT2D eigenvalue weighted by Gasteiger charge is 2.54. The molecule has 12 nitrogen and oxygen atoms in total. The highest BCUT2D eigenvalue weighted by molar-refractivity contribution is 8.00. The highest BCUT2D eigenvalue weighted by atomic mass is 32.2. The van der Waals surface area contributed by atoms with Crippen molar-refractivity contribution in [3.8, 4) is 0 Å². The van der Waals surface area contributed by atoms with Crippen LogP contribution in [0.1, 0.15) is 19.7 Å². The lowest BCUT2D eigenvalue weighted by atomic mass is 10.0. The maximum atomic E-state index is 12.7. The number of carboxylic acids is 1. The molecule has 2 aliphatic rings. The maximum Gasteiger partial charge on any atom is 0.352 e. The van der Waals surface area contributed by atoms with Crippen LogP contribution >= 0.6 is 23.3 Å². The minimum atomic E-state index is -1.31. The van der Waals surface area contributed by atoms with Gasteiger partial charge in [0.1, 0.15) is 23.2 Å². The summed E-state index contributed by atoms with van der Waals surface area (Å²) in [4.78, 5) is 46.9. The Balaban J connectivity index is 1.80. The van der Waals surface area contributed by atoms with Gasteiger partial charge >= 0.3 is 5.97 Å². The standard InChI is InChI=1S/C15H18N6O6S2/c1-5(2)27-19-7(10-18-15(16)29-20-10)11(23)17-8-12(24)21-9(14(25)26)6(3-22)4-28-13(8)21/h5,8,13,22H,3-4H2,1-2H3,(H,17,23)(H,25,26)(H2,16,18,20)/b19-7-/t8-,13-/m1/s1. The number of fused-ring (bicyclic) bond motifs is 1. The van der Waals surface area contributed by atoms with Crippen LogP contribution in [-0.4, -0.2) is 77.8 Å². The first-order chi connectivity index (χ1) is 13.7. The topological polar surface area (TPSA) is 180 Å². The number of nitrogen functional groups attached to an aromatic ring is 1. The van der Waals surface area contributed by atoms with Gasteiger partial charge in [-0.25, -0.2) is 4.79 Å². The molecule has 3 rings (SSSR count). The number of aliphatic hydroxyl groups is 1. The molecular formula is C15H18N6O6S2. The van der Waals surface area contributed by atoms with E-state index in [1.165, 1.54) is 11.8 Å². The predicted octanol–water partition coefficient (Wildman–Crippen LogP) is -1.02. The third-order valence-corrected chi connectivity index (χ3v) is 5.83. The quantitative estimate of drug-likeness (QED) is 0.232. The van der Waals surface area contributed by atoms with Gasteiger partial charge in [0.25, 0.3) is 11.8 Å². The van der Waals surface area contributed by atoms with Crippen LogP contribution in [0.4, 0.5) is 5.13 Å². The minimum absolute atomic E-state index is 0.0423. The molecule has 0 aromatic carbocycles. The first-order valence-electron chi connectivity index (χ1n) is 8.39. The number of carbonyl (C=O) groups is 3. The molecule has 0 radical (unpaired) electrons. The lowest BCUT2D eigenvalue weighted by Crippen LogP contribution is -2.71. The molecule has 2 amide bonds. The summed E-state index contributed by atoms with van der Waals surface area (Å²) >= 11 is 2.11. The Kier molecular flexibility index (Phi) is 6.04. The predicted molar refractivity (Wildman–Crippen MR) is 104 cm³/mol. The number of hydrogen-bond acceptors (Lipinski definition) is 11. The van der Waals surface area contributed by atoms with Crippen molar-refractivity contribution in [1.82, 2.24) is 19.6 Å². The largest absolute Gasteiger partial charge is 0.477 e. The van der Waals surface area contributed by atoms with E-state index < -0.39 is 35.8 Å². The van der Waals surface area contributed by atoms with Gasteiger partial charge in [0.05, 0.1) is 6.61 Å². The summed E-state index contributed by atoms with van der Waals surface area (Å²) in [5.41, 5.74) is 5.31. The van der Waals surface area contributed by atoms with E-state index in [0.29, 0.717) is 0 Å². The molecule has 29 heavy (non-hydrogen) atoms. The number of carboxylic acid groups (broad SMARTS) is 1. The number of carbonyl (C=O) groups excluding carboxylic acids is 2. The number of hydrogen-bond donors (Lipinski definition) is 4. The van der Waals surface area contributed by atoms with E-state index in [1.807, 2.05) is 0 Å². The van der Waals surface area contributed by atoms with Gasteiger partial charge in [-0.05, 0) is 19.4 Å². The smallest absolute Gasteiger partial charge is 0.352 e. The second kappa shape index (κ2) is 8.34. The van der Waals surface area contributed by atoms with Crippen molar-refractivity contribution in [2.45, 2.75) is 31.4 Å². The van der Waals surface area contributed by atoms with Gasteiger partial charge < -0.3 is 26.1 Å². The second-order valence-corrected chi connectivity index (χ2v) is 8.22. The maximum absolute atomic E-state index is 12.7. The number of thioether (sulfide) groups is 1. The van der Waals surface area contributed by atoms with Crippen LogP contribution in [0.3, 0.4) is 0 Å². The lowest BCUT2D eigenvalue weighted by molar-refractivity contribution is -0.150. The van der Waals surface area contributed by atoms with E-state index >= 15 is 0 Å². The number of amides is 2. The van der Waals surface area contributed by atoms with Crippen molar-refractivity contribution < 1.29 is 29.4 Å². The third kappa shape index (κ3) is 4.04. The summed E-state index contributed by atoms with van der Waals surface area (Å²) in [5, 5.41) is 24.6. The first kappa shape index (κ1) is 21.0. The van der Waals surface area contributed by atoms with Gasteiger partial charge in [0, 0.05) is 17.3 Å². The lowest BCUT2D eigenvalue weighted by Gasteiger charge is -2.49. The van der Waals surface area contributed by atoms with Crippen molar-refractivity contribution in [2.75, 3.05) is 18.1 Å². The van der Waals surface area contributed by atoms with Gasteiger partial charge in [-0.3, -0.25) is 14.5 Å². The minimum Gasteiger partial charge on any atom is -0.477 e. The van der Waals surface area contributed by atoms with Crippen molar-refractivity contribution in [1.29, 1.82) is 0 Å². The number of rotatable bonds is 7. The molecule has 2 aliphatic heterocycles. The van der Waals surface area contributed by atoms with Crippen LogP contribution in [-0.2, 0) is 19.2 Å². The number of oxime groups is 1. The Morgan fingerprint density at radius 1 is 1.48 bits per heavy atom. The SMILES string of the molecule is CC(C)O/N=C(\C(=O)N[C@@H]1C(=O)N2C(C(=O)O)=C(CO)CS[C@H]12)c1nsc(N)n1. The number of aromatic nitrogens is 2. The number of aliphatic carboxylic acids is 1. The first-order valence-corrected chi connectivity index (χ1v) is 10.2. The molecule has 0 bridgehead atoms. The van der Waals surface area contributed by atoms with Crippen LogP contribution in [0.25, 0.3) is 0 Å². The van der Waals surface area contributed by atoms with Crippen LogP contribution in [0.15, 0.2) is 16.4 Å². The molecule has 0 saturated carbocycles. The molecule has 1 fully saturated rings. The molecule has 1 aromatic rings. The number of nitrogens with zero attached hydrogens (tertiary/aromatic N) is 4. The fourth-order valence-corrected chi connectivity index (χ4v) is 4.46. The molecular weight excluding hydrogens is 424 g/mol. The fraction of sp³-hybridized carbons (Fsp3) is 0.467. The number of β-lactam (4-membered cyclic amide) rings is 1. The number of anilines is 1. The van der Waals surface area contributed by atoms with Crippen LogP contribution in [0, 0.1) is 0 Å². The Labute approximate surface area is 173 Å². The molecule has 0 aliphatic carbocycles. The second-order valence-electron chi connectivity index (χ2n) is 6.33. The summed E-state index contributed by atoms with van der Waals surface area (Å²) in [5.74, 6) is -2.49. The molecule has 1 aromatic heterocycles. The average Bonchev–Trinajstić information content (AvgIpc) is 3.10. The van der Waals surface area contributed by atoms with Crippen molar-refractivity contribution in [3.63, 3.8) is 0 Å². The molecule has 156 valence electrons. The monoisotopic (exact) mass is 442 g/mol. The zero-order valence-electron chi connectivity index (χ0n) is 15.4. The van der Waals surface area contributed by atoms with Crippen molar-refractivity contribution in [3.05, 3.63) is 17.1 Å². The molecule has 0 unspecified atom stereocenters. The normalized spacial score (nSPS) is 21.7. The van der Waals surface area contributed by atoms with Crippen LogP contribution < -0.4 is 11.1 Å². The molecule has 14 heteroatoms. The molecule has 2 atom stereocenters. The third-order valence-electron chi connectivity index (χ3n) is 3.95. The Morgan fingerprint density at radius 2 is 2.21 bits per heavy atom. The Hall–Kier alpha value is -2.71. The Bertz CT molecular complexity index is 913. The molecule has 5 N–H and O–H groups in total. The number of nitrogens with two attached hydrogens (primary N) is 1. The average molecular weight is 442 g/mol.